The first-order chi connectivity index (χ1) is 20.2. The van der Waals surface area contributed by atoms with Gasteiger partial charge >= 0.3 is 24.1 Å². The van der Waals surface area contributed by atoms with Crippen LogP contribution < -0.4 is 15.1 Å². The Morgan fingerprint density at radius 3 is 2.35 bits per heavy atom. The van der Waals surface area contributed by atoms with Gasteiger partial charge < -0.3 is 18.6 Å². The minimum absolute atomic E-state index is 0.0331. The number of aryl methyl sites for hydroxylation is 1. The maximum absolute atomic E-state index is 13.9. The van der Waals surface area contributed by atoms with Crippen LogP contribution >= 0.6 is 0 Å². The number of hydrogen-bond acceptors (Lipinski definition) is 6. The number of benzene rings is 2. The molecule has 1 heterocycles. The lowest BCUT2D eigenvalue weighted by Gasteiger charge is -2.27. The SMILES string of the molecule is C=C(C)C(=O)OC1CCC(Oc2ccc3cc(-c4ccc(CCCCC)cc4OC(F)(F)F)c(=O)oc3c2)C1C(F)(F)F. The molecule has 1 aliphatic carbocycles. The third-order valence-corrected chi connectivity index (χ3v) is 7.15. The Morgan fingerprint density at radius 1 is 0.977 bits per heavy atom. The highest BCUT2D eigenvalue weighted by molar-refractivity contribution is 5.87. The van der Waals surface area contributed by atoms with E-state index in [4.69, 9.17) is 13.9 Å². The smallest absolute Gasteiger partial charge is 0.489 e. The minimum Gasteiger partial charge on any atom is -0.489 e. The van der Waals surface area contributed by atoms with Gasteiger partial charge in [-0.3, -0.25) is 0 Å². The van der Waals surface area contributed by atoms with E-state index in [1.165, 1.54) is 43.3 Å². The zero-order chi connectivity index (χ0) is 31.5. The summed E-state index contributed by atoms with van der Waals surface area (Å²) in [6, 6.07) is 9.55. The lowest BCUT2D eigenvalue weighted by molar-refractivity contribution is -0.274. The summed E-state index contributed by atoms with van der Waals surface area (Å²) in [6.07, 6.45) is -9.58. The molecular weight excluding hydrogens is 582 g/mol. The largest absolute Gasteiger partial charge is 0.573 e. The first-order valence-electron chi connectivity index (χ1n) is 13.7. The van der Waals surface area contributed by atoms with Crippen molar-refractivity contribution in [1.82, 2.24) is 0 Å². The molecule has 0 N–H and O–H groups in total. The van der Waals surface area contributed by atoms with Crippen LogP contribution in [0.3, 0.4) is 0 Å². The van der Waals surface area contributed by atoms with Gasteiger partial charge in [-0.15, -0.1) is 13.2 Å². The van der Waals surface area contributed by atoms with Crippen LogP contribution in [0.4, 0.5) is 26.3 Å². The fraction of sp³-hybridized carbons (Fsp3) is 0.419. The Labute approximate surface area is 243 Å². The number of ether oxygens (including phenoxy) is 3. The third-order valence-electron chi connectivity index (χ3n) is 7.15. The summed E-state index contributed by atoms with van der Waals surface area (Å²) in [4.78, 5) is 24.8. The van der Waals surface area contributed by atoms with E-state index in [1.54, 1.807) is 6.07 Å². The quantitative estimate of drug-likeness (QED) is 0.0754. The number of unbranched alkanes of at least 4 members (excludes halogenated alkanes) is 2. The van der Waals surface area contributed by atoms with Crippen molar-refractivity contribution >= 4 is 16.9 Å². The van der Waals surface area contributed by atoms with Gasteiger partial charge in [0.25, 0.3) is 0 Å². The van der Waals surface area contributed by atoms with Crippen molar-refractivity contribution in [3.8, 4) is 22.6 Å². The lowest BCUT2D eigenvalue weighted by Crippen LogP contribution is -2.41. The summed E-state index contributed by atoms with van der Waals surface area (Å²) in [5.74, 6) is -3.61. The molecule has 3 atom stereocenters. The van der Waals surface area contributed by atoms with E-state index < -0.39 is 48.0 Å². The van der Waals surface area contributed by atoms with Crippen molar-refractivity contribution < 1.29 is 49.8 Å². The highest BCUT2D eigenvalue weighted by atomic mass is 19.4. The molecule has 4 rings (SSSR count). The van der Waals surface area contributed by atoms with Gasteiger partial charge in [-0.05, 0) is 62.4 Å². The van der Waals surface area contributed by atoms with E-state index in [1.807, 2.05) is 6.92 Å². The van der Waals surface area contributed by atoms with Crippen LogP contribution in [0.25, 0.3) is 22.1 Å². The monoisotopic (exact) mass is 612 g/mol. The van der Waals surface area contributed by atoms with Crippen molar-refractivity contribution in [3.63, 3.8) is 0 Å². The van der Waals surface area contributed by atoms with Gasteiger partial charge in [-0.2, -0.15) is 13.2 Å². The number of fused-ring (bicyclic) bond motifs is 1. The maximum atomic E-state index is 13.9. The number of alkyl halides is 6. The van der Waals surface area contributed by atoms with E-state index in [-0.39, 0.29) is 40.9 Å². The molecule has 1 aliphatic rings. The number of esters is 1. The van der Waals surface area contributed by atoms with Crippen LogP contribution in [0.15, 0.2) is 63.8 Å². The Balaban J connectivity index is 1.62. The van der Waals surface area contributed by atoms with Gasteiger partial charge in [0.1, 0.15) is 35.2 Å². The molecule has 1 fully saturated rings. The molecule has 3 unspecified atom stereocenters. The number of rotatable bonds is 10. The summed E-state index contributed by atoms with van der Waals surface area (Å²) in [6.45, 7) is 6.72. The van der Waals surface area contributed by atoms with Crippen molar-refractivity contribution in [2.45, 2.75) is 77.1 Å². The zero-order valence-corrected chi connectivity index (χ0v) is 23.4. The lowest BCUT2D eigenvalue weighted by atomic mass is 10.00. The van der Waals surface area contributed by atoms with Gasteiger partial charge in [0.05, 0.1) is 5.56 Å². The fourth-order valence-electron chi connectivity index (χ4n) is 5.11. The Kier molecular flexibility index (Phi) is 9.46. The van der Waals surface area contributed by atoms with Crippen LogP contribution in [0.2, 0.25) is 0 Å². The first-order valence-corrected chi connectivity index (χ1v) is 13.7. The molecular formula is C31H30F6O6. The summed E-state index contributed by atoms with van der Waals surface area (Å²) >= 11 is 0. The number of carbonyl (C=O) groups is 1. The van der Waals surface area contributed by atoms with Crippen molar-refractivity contribution in [2.75, 3.05) is 0 Å². The standard InChI is InChI=1S/C31H30F6O6/c1-4-5-6-7-18-8-11-21(26(14-18)43-31(35,36)37)22-15-19-9-10-20(16-25(19)42-29(22)39)40-23-12-13-24(27(23)30(32,33)34)41-28(38)17(2)3/h8-11,14-16,23-24,27H,2,4-7,12-13H2,1,3H3. The molecule has 0 radical (unpaired) electrons. The van der Waals surface area contributed by atoms with Gasteiger partial charge in [-0.25, -0.2) is 9.59 Å². The molecule has 0 saturated heterocycles. The number of halogens is 6. The summed E-state index contributed by atoms with van der Waals surface area (Å²) < 4.78 is 102. The average molecular weight is 613 g/mol. The Hall–Kier alpha value is -3.96. The van der Waals surface area contributed by atoms with Gasteiger partial charge in [0, 0.05) is 22.6 Å². The van der Waals surface area contributed by atoms with E-state index >= 15 is 0 Å². The molecule has 43 heavy (non-hydrogen) atoms. The third kappa shape index (κ3) is 7.91. The summed E-state index contributed by atoms with van der Waals surface area (Å²) in [7, 11) is 0. The predicted octanol–water partition coefficient (Wildman–Crippen LogP) is 8.30. The molecule has 2 aromatic carbocycles. The van der Waals surface area contributed by atoms with Crippen LogP contribution in [0.5, 0.6) is 11.5 Å². The Bertz CT molecular complexity index is 1540. The molecule has 0 aliphatic heterocycles. The first kappa shape index (κ1) is 32.0. The number of hydrogen-bond donors (Lipinski definition) is 0. The molecule has 6 nitrogen and oxygen atoms in total. The Morgan fingerprint density at radius 2 is 1.70 bits per heavy atom. The molecule has 1 aromatic heterocycles. The molecule has 12 heteroatoms. The van der Waals surface area contributed by atoms with Gasteiger partial charge in [-0.1, -0.05) is 38.5 Å². The van der Waals surface area contributed by atoms with Crippen LogP contribution in [0.1, 0.15) is 51.5 Å². The van der Waals surface area contributed by atoms with Crippen LogP contribution in [-0.2, 0) is 16.0 Å². The highest BCUT2D eigenvalue weighted by Crippen LogP contribution is 2.43. The zero-order valence-electron chi connectivity index (χ0n) is 23.4. The second-order valence-electron chi connectivity index (χ2n) is 10.5. The van der Waals surface area contributed by atoms with E-state index in [0.717, 1.165) is 19.3 Å². The molecule has 0 bridgehead atoms. The average Bonchev–Trinajstić information content (AvgIpc) is 3.30. The van der Waals surface area contributed by atoms with E-state index in [0.29, 0.717) is 17.4 Å². The minimum atomic E-state index is -5.00. The van der Waals surface area contributed by atoms with Gasteiger partial charge in [0.15, 0.2) is 0 Å². The van der Waals surface area contributed by atoms with E-state index in [9.17, 15) is 35.9 Å². The molecule has 232 valence electrons. The molecule has 0 amide bonds. The van der Waals surface area contributed by atoms with E-state index in [2.05, 4.69) is 11.3 Å². The number of carbonyl (C=O) groups excluding carboxylic acids is 1. The van der Waals surface area contributed by atoms with Crippen LogP contribution in [-0.4, -0.2) is 30.7 Å². The van der Waals surface area contributed by atoms with Crippen LogP contribution in [0, 0.1) is 5.92 Å². The van der Waals surface area contributed by atoms with Crippen molar-refractivity contribution in [3.05, 3.63) is 70.6 Å². The second-order valence-corrected chi connectivity index (χ2v) is 10.5. The van der Waals surface area contributed by atoms with Crippen molar-refractivity contribution in [1.29, 1.82) is 0 Å². The molecule has 1 saturated carbocycles. The summed E-state index contributed by atoms with van der Waals surface area (Å²) in [5, 5.41) is 0.291. The predicted molar refractivity (Wildman–Crippen MR) is 146 cm³/mol. The molecule has 3 aromatic rings. The van der Waals surface area contributed by atoms with Gasteiger partial charge in [0.2, 0.25) is 0 Å². The second kappa shape index (κ2) is 12.7. The highest BCUT2D eigenvalue weighted by Gasteiger charge is 2.55. The fourth-order valence-corrected chi connectivity index (χ4v) is 5.11. The normalized spacial score (nSPS) is 18.9. The summed E-state index contributed by atoms with van der Waals surface area (Å²) in [5.41, 5.74) is -0.750. The maximum Gasteiger partial charge on any atom is 0.573 e. The van der Waals surface area contributed by atoms with Crippen molar-refractivity contribution in [2.24, 2.45) is 5.92 Å². The molecule has 0 spiro atoms. The topological polar surface area (TPSA) is 75.0 Å².